The summed E-state index contributed by atoms with van der Waals surface area (Å²) in [4.78, 5) is 8.38. The number of fused-ring (bicyclic) bond motifs is 1. The zero-order valence-corrected chi connectivity index (χ0v) is 13.8. The molecule has 2 heterocycles. The molecule has 0 aliphatic carbocycles. The van der Waals surface area contributed by atoms with Gasteiger partial charge in [0.1, 0.15) is 17.3 Å². The van der Waals surface area contributed by atoms with Gasteiger partial charge in [-0.25, -0.2) is 4.98 Å². The molecule has 5 heteroatoms. The van der Waals surface area contributed by atoms with Crippen LogP contribution in [0.2, 0.25) is 0 Å². The summed E-state index contributed by atoms with van der Waals surface area (Å²) >= 11 is 0. The number of nitrogens with zero attached hydrogens (tertiary/aromatic N) is 3. The lowest BCUT2D eigenvalue weighted by molar-refractivity contribution is 0.476. The lowest BCUT2D eigenvalue weighted by Gasteiger charge is -2.10. The van der Waals surface area contributed by atoms with Crippen LogP contribution in [0.1, 0.15) is 11.3 Å². The second kappa shape index (κ2) is 5.94. The summed E-state index contributed by atoms with van der Waals surface area (Å²) in [6.07, 6.45) is 3.23. The van der Waals surface area contributed by atoms with Crippen LogP contribution in [0.5, 0.6) is 5.75 Å². The summed E-state index contributed by atoms with van der Waals surface area (Å²) in [6.45, 7) is 2.84. The summed E-state index contributed by atoms with van der Waals surface area (Å²) in [5.74, 6) is 0.720. The van der Waals surface area contributed by atoms with Gasteiger partial charge in [0.15, 0.2) is 0 Å². The van der Waals surface area contributed by atoms with Gasteiger partial charge in [0, 0.05) is 41.1 Å². The van der Waals surface area contributed by atoms with E-state index in [4.69, 9.17) is 5.73 Å². The average Bonchev–Trinajstić information content (AvgIpc) is 2.91. The van der Waals surface area contributed by atoms with Crippen molar-refractivity contribution in [3.63, 3.8) is 0 Å². The van der Waals surface area contributed by atoms with Crippen molar-refractivity contribution in [1.29, 1.82) is 0 Å². The highest BCUT2D eigenvalue weighted by Gasteiger charge is 2.08. The van der Waals surface area contributed by atoms with Crippen molar-refractivity contribution in [2.75, 3.05) is 5.73 Å². The Labute approximate surface area is 145 Å². The molecule has 0 radical (unpaired) electrons. The number of nitrogen functional groups attached to an aromatic ring is 1. The summed E-state index contributed by atoms with van der Waals surface area (Å²) in [5.41, 5.74) is 11.0. The molecule has 0 unspecified atom stereocenters. The standard InChI is InChI=1S/C20H18N4O/c1-13-10-16-11-17(25)6-7-18(16)24(13)12-14-2-4-15(5-3-14)19-20(21)23-9-8-22-19/h2-11,25H,12H2,1H3,(H2,21,23). The zero-order chi connectivity index (χ0) is 17.4. The smallest absolute Gasteiger partial charge is 0.149 e. The Bertz CT molecular complexity index is 1050. The fraction of sp³-hybridized carbons (Fsp3) is 0.100. The van der Waals surface area contributed by atoms with Crippen molar-refractivity contribution in [3.8, 4) is 17.0 Å². The summed E-state index contributed by atoms with van der Waals surface area (Å²) in [7, 11) is 0. The van der Waals surface area contributed by atoms with Crippen LogP contribution in [-0.2, 0) is 6.54 Å². The first-order valence-electron chi connectivity index (χ1n) is 8.06. The molecule has 25 heavy (non-hydrogen) atoms. The third-order valence-corrected chi connectivity index (χ3v) is 4.39. The van der Waals surface area contributed by atoms with Crippen molar-refractivity contribution in [2.45, 2.75) is 13.5 Å². The number of aromatic nitrogens is 3. The van der Waals surface area contributed by atoms with Gasteiger partial charge in [0.2, 0.25) is 0 Å². The van der Waals surface area contributed by atoms with Crippen LogP contribution in [0.25, 0.3) is 22.2 Å². The maximum absolute atomic E-state index is 9.65. The fourth-order valence-corrected chi connectivity index (χ4v) is 3.13. The molecular weight excluding hydrogens is 312 g/mol. The largest absolute Gasteiger partial charge is 0.508 e. The minimum Gasteiger partial charge on any atom is -0.508 e. The number of hydrogen-bond acceptors (Lipinski definition) is 4. The van der Waals surface area contributed by atoms with Crippen molar-refractivity contribution in [2.24, 2.45) is 0 Å². The van der Waals surface area contributed by atoms with Crippen LogP contribution in [0, 0.1) is 6.92 Å². The van der Waals surface area contributed by atoms with Crippen LogP contribution < -0.4 is 5.73 Å². The summed E-state index contributed by atoms with van der Waals surface area (Å²) in [6, 6.07) is 15.7. The van der Waals surface area contributed by atoms with Crippen LogP contribution in [0.3, 0.4) is 0 Å². The first-order valence-corrected chi connectivity index (χ1v) is 8.06. The number of rotatable bonds is 3. The van der Waals surface area contributed by atoms with Crippen molar-refractivity contribution in [1.82, 2.24) is 14.5 Å². The second-order valence-electron chi connectivity index (χ2n) is 6.10. The molecule has 2 aromatic carbocycles. The maximum atomic E-state index is 9.65. The van der Waals surface area contributed by atoms with Crippen molar-refractivity contribution >= 4 is 16.7 Å². The molecule has 0 aliphatic rings. The predicted octanol–water partition coefficient (Wildman–Crippen LogP) is 3.74. The van der Waals surface area contributed by atoms with E-state index in [-0.39, 0.29) is 5.75 Å². The van der Waals surface area contributed by atoms with Gasteiger partial charge in [-0.05, 0) is 36.8 Å². The minimum atomic E-state index is 0.288. The average molecular weight is 330 g/mol. The second-order valence-corrected chi connectivity index (χ2v) is 6.10. The number of nitrogens with two attached hydrogens (primary N) is 1. The van der Waals surface area contributed by atoms with Crippen LogP contribution >= 0.6 is 0 Å². The van der Waals surface area contributed by atoms with E-state index in [1.54, 1.807) is 24.5 Å². The van der Waals surface area contributed by atoms with Gasteiger partial charge in [-0.3, -0.25) is 4.98 Å². The topological polar surface area (TPSA) is 77.0 Å². The molecule has 0 bridgehead atoms. The maximum Gasteiger partial charge on any atom is 0.149 e. The lowest BCUT2D eigenvalue weighted by atomic mass is 10.1. The molecule has 4 aromatic rings. The van der Waals surface area contributed by atoms with Gasteiger partial charge < -0.3 is 15.4 Å². The first kappa shape index (κ1) is 15.2. The van der Waals surface area contributed by atoms with Crippen LogP contribution in [0.4, 0.5) is 5.82 Å². The highest BCUT2D eigenvalue weighted by atomic mass is 16.3. The zero-order valence-electron chi connectivity index (χ0n) is 13.8. The highest BCUT2D eigenvalue weighted by Crippen LogP contribution is 2.26. The Morgan fingerprint density at radius 3 is 2.52 bits per heavy atom. The molecule has 0 saturated heterocycles. The normalized spacial score (nSPS) is 11.1. The van der Waals surface area contributed by atoms with Gasteiger partial charge >= 0.3 is 0 Å². The number of aryl methyl sites for hydroxylation is 1. The van der Waals surface area contributed by atoms with E-state index in [0.717, 1.165) is 28.7 Å². The number of anilines is 1. The number of benzene rings is 2. The molecule has 0 atom stereocenters. The molecule has 4 rings (SSSR count). The third-order valence-electron chi connectivity index (χ3n) is 4.39. The minimum absolute atomic E-state index is 0.288. The molecule has 0 aliphatic heterocycles. The van der Waals surface area contributed by atoms with Crippen molar-refractivity contribution in [3.05, 3.63) is 72.2 Å². The van der Waals surface area contributed by atoms with Crippen LogP contribution in [0.15, 0.2) is 60.9 Å². The SMILES string of the molecule is Cc1cc2cc(O)ccc2n1Cc1ccc(-c2nccnc2N)cc1. The van der Waals surface area contributed by atoms with E-state index in [1.807, 2.05) is 18.2 Å². The number of phenolic OH excluding ortho intramolecular Hbond substituents is 1. The molecule has 3 N–H and O–H groups in total. The van der Waals surface area contributed by atoms with E-state index in [0.29, 0.717) is 11.5 Å². The third kappa shape index (κ3) is 2.80. The summed E-state index contributed by atoms with van der Waals surface area (Å²) < 4.78 is 2.24. The van der Waals surface area contributed by atoms with E-state index >= 15 is 0 Å². The summed E-state index contributed by atoms with van der Waals surface area (Å²) in [5, 5.41) is 10.7. The fourth-order valence-electron chi connectivity index (χ4n) is 3.13. The highest BCUT2D eigenvalue weighted by molar-refractivity contribution is 5.83. The van der Waals surface area contributed by atoms with Gasteiger partial charge in [-0.1, -0.05) is 24.3 Å². The van der Waals surface area contributed by atoms with E-state index in [9.17, 15) is 5.11 Å². The Hall–Kier alpha value is -3.34. The first-order chi connectivity index (χ1) is 12.1. The molecule has 2 aromatic heterocycles. The molecular formula is C20H18N4O. The Kier molecular flexibility index (Phi) is 3.61. The Balaban J connectivity index is 1.66. The Morgan fingerprint density at radius 2 is 1.76 bits per heavy atom. The molecule has 0 saturated carbocycles. The molecule has 5 nitrogen and oxygen atoms in total. The van der Waals surface area contributed by atoms with E-state index in [2.05, 4.69) is 39.7 Å². The van der Waals surface area contributed by atoms with Gasteiger partial charge in [0.05, 0.1) is 0 Å². The van der Waals surface area contributed by atoms with E-state index < -0.39 is 0 Å². The van der Waals surface area contributed by atoms with Crippen molar-refractivity contribution < 1.29 is 5.11 Å². The quantitative estimate of drug-likeness (QED) is 0.600. The van der Waals surface area contributed by atoms with Gasteiger partial charge in [-0.15, -0.1) is 0 Å². The number of phenols is 1. The lowest BCUT2D eigenvalue weighted by Crippen LogP contribution is -2.01. The molecule has 124 valence electrons. The molecule has 0 fully saturated rings. The number of aromatic hydroxyl groups is 1. The van der Waals surface area contributed by atoms with E-state index in [1.165, 1.54) is 5.56 Å². The van der Waals surface area contributed by atoms with Crippen LogP contribution in [-0.4, -0.2) is 19.6 Å². The Morgan fingerprint density at radius 1 is 1.00 bits per heavy atom. The predicted molar refractivity (Wildman–Crippen MR) is 99.3 cm³/mol. The number of hydrogen-bond donors (Lipinski definition) is 2. The molecule has 0 amide bonds. The van der Waals surface area contributed by atoms with Gasteiger partial charge in [0.25, 0.3) is 0 Å². The monoisotopic (exact) mass is 330 g/mol. The molecule has 0 spiro atoms. The van der Waals surface area contributed by atoms with Gasteiger partial charge in [-0.2, -0.15) is 0 Å².